The van der Waals surface area contributed by atoms with Crippen molar-refractivity contribution in [3.63, 3.8) is 0 Å². The van der Waals surface area contributed by atoms with E-state index in [-0.39, 0.29) is 5.60 Å². The third-order valence-electron chi connectivity index (χ3n) is 5.45. The summed E-state index contributed by atoms with van der Waals surface area (Å²) < 4.78 is 17.2. The van der Waals surface area contributed by atoms with E-state index in [9.17, 15) is 0 Å². The highest BCUT2D eigenvalue weighted by Crippen LogP contribution is 2.42. The predicted molar refractivity (Wildman–Crippen MR) is 96.6 cm³/mol. The molecule has 2 aromatic rings. The van der Waals surface area contributed by atoms with Crippen molar-refractivity contribution in [2.75, 3.05) is 26.3 Å². The maximum Gasteiger partial charge on any atom is 0.133 e. The van der Waals surface area contributed by atoms with Crippen LogP contribution in [0.5, 0.6) is 0 Å². The summed E-state index contributed by atoms with van der Waals surface area (Å²) in [6.07, 6.45) is 2.17. The molecule has 0 N–H and O–H groups in total. The smallest absolute Gasteiger partial charge is 0.133 e. The molecule has 0 aromatic carbocycles. The first-order chi connectivity index (χ1) is 12.6. The largest absolute Gasteiger partial charge is 0.375 e. The Hall–Kier alpha value is -1.76. The highest BCUT2D eigenvalue weighted by atomic mass is 16.5. The van der Waals surface area contributed by atoms with Crippen LogP contribution in [0.25, 0.3) is 0 Å². The molecule has 26 heavy (non-hydrogen) atoms. The first-order valence-corrected chi connectivity index (χ1v) is 9.42. The van der Waals surface area contributed by atoms with Gasteiger partial charge in [0.15, 0.2) is 0 Å². The Morgan fingerprint density at radius 1 is 1.27 bits per heavy atom. The van der Waals surface area contributed by atoms with E-state index >= 15 is 0 Å². The minimum absolute atomic E-state index is 0.0176. The number of likely N-dealkylation sites (tertiary alicyclic amines) is 1. The Bertz CT molecular complexity index is 739. The number of rotatable bonds is 7. The third kappa shape index (κ3) is 3.82. The van der Waals surface area contributed by atoms with Crippen LogP contribution in [0.15, 0.2) is 28.8 Å². The average molecular weight is 357 g/mol. The second-order valence-electron chi connectivity index (χ2n) is 7.58. The predicted octanol–water partition coefficient (Wildman–Crippen LogP) is 2.88. The number of ether oxygens (including phenoxy) is 2. The number of hydrogen-bond donors (Lipinski definition) is 0. The lowest BCUT2D eigenvalue weighted by Crippen LogP contribution is -2.64. The molecule has 0 saturated carbocycles. The summed E-state index contributed by atoms with van der Waals surface area (Å²) in [5, 5.41) is 4.08. The van der Waals surface area contributed by atoms with Crippen molar-refractivity contribution in [2.24, 2.45) is 5.92 Å². The maximum absolute atomic E-state index is 6.14. The zero-order valence-electron chi connectivity index (χ0n) is 15.6. The van der Waals surface area contributed by atoms with Gasteiger partial charge in [0.25, 0.3) is 0 Å². The molecular weight excluding hydrogens is 330 g/mol. The molecule has 4 rings (SSSR count). The molecule has 2 aromatic heterocycles. The van der Waals surface area contributed by atoms with E-state index in [2.05, 4.69) is 15.0 Å². The minimum Gasteiger partial charge on any atom is -0.375 e. The van der Waals surface area contributed by atoms with Crippen molar-refractivity contribution >= 4 is 0 Å². The Morgan fingerprint density at radius 3 is 2.92 bits per heavy atom. The molecule has 0 aliphatic carbocycles. The summed E-state index contributed by atoms with van der Waals surface area (Å²) in [6.45, 7) is 8.92. The Labute approximate surface area is 154 Å². The normalized spacial score (nSPS) is 22.0. The second-order valence-corrected chi connectivity index (χ2v) is 7.58. The standard InChI is InChI=1S/C20H27N3O3/c1-15-4-3-5-18(21-15)12-24-8-6-17-7-9-25-20(17)13-23(14-20)11-19-10-16(2)26-22-19/h3-5,10,17H,6-9,11-14H2,1-2H3/t17-/m1/s1. The van der Waals surface area contributed by atoms with E-state index in [0.29, 0.717) is 12.5 Å². The summed E-state index contributed by atoms with van der Waals surface area (Å²) >= 11 is 0. The van der Waals surface area contributed by atoms with Gasteiger partial charge in [-0.2, -0.15) is 0 Å². The van der Waals surface area contributed by atoms with Crippen LogP contribution in [-0.4, -0.2) is 46.9 Å². The van der Waals surface area contributed by atoms with Gasteiger partial charge in [-0.1, -0.05) is 11.2 Å². The van der Waals surface area contributed by atoms with Gasteiger partial charge in [0.1, 0.15) is 5.76 Å². The summed E-state index contributed by atoms with van der Waals surface area (Å²) in [4.78, 5) is 6.86. The average Bonchev–Trinajstić information content (AvgIpc) is 3.18. The molecule has 0 amide bonds. The molecule has 1 atom stereocenters. The summed E-state index contributed by atoms with van der Waals surface area (Å²) in [5.74, 6) is 1.44. The van der Waals surface area contributed by atoms with Crippen LogP contribution in [0.4, 0.5) is 0 Å². The lowest BCUT2D eigenvalue weighted by Gasteiger charge is -2.50. The van der Waals surface area contributed by atoms with E-state index in [1.807, 2.05) is 38.1 Å². The van der Waals surface area contributed by atoms with E-state index < -0.39 is 0 Å². The van der Waals surface area contributed by atoms with Crippen molar-refractivity contribution in [2.45, 2.75) is 45.4 Å². The topological polar surface area (TPSA) is 60.6 Å². The molecular formula is C20H27N3O3. The van der Waals surface area contributed by atoms with Crippen LogP contribution in [0.3, 0.4) is 0 Å². The van der Waals surface area contributed by atoms with Crippen LogP contribution < -0.4 is 0 Å². The Balaban J connectivity index is 1.22. The zero-order chi connectivity index (χ0) is 18.0. The zero-order valence-corrected chi connectivity index (χ0v) is 15.6. The summed E-state index contributed by atoms with van der Waals surface area (Å²) in [7, 11) is 0. The molecule has 2 aliphatic rings. The van der Waals surface area contributed by atoms with Crippen molar-refractivity contribution in [1.82, 2.24) is 15.0 Å². The highest BCUT2D eigenvalue weighted by molar-refractivity contribution is 5.10. The first kappa shape index (κ1) is 17.6. The number of hydrogen-bond acceptors (Lipinski definition) is 6. The fraction of sp³-hybridized carbons (Fsp3) is 0.600. The first-order valence-electron chi connectivity index (χ1n) is 9.42. The molecule has 0 radical (unpaired) electrons. The van der Waals surface area contributed by atoms with Crippen LogP contribution >= 0.6 is 0 Å². The Kier molecular flexibility index (Phi) is 5.07. The van der Waals surface area contributed by atoms with Gasteiger partial charge in [-0.25, -0.2) is 0 Å². The molecule has 6 heteroatoms. The number of pyridine rings is 1. The quantitative estimate of drug-likeness (QED) is 0.710. The molecule has 0 unspecified atom stereocenters. The third-order valence-corrected chi connectivity index (χ3v) is 5.45. The van der Waals surface area contributed by atoms with E-state index in [0.717, 1.165) is 68.5 Å². The van der Waals surface area contributed by atoms with Gasteiger partial charge in [-0.05, 0) is 44.7 Å². The van der Waals surface area contributed by atoms with Gasteiger partial charge in [-0.15, -0.1) is 0 Å². The van der Waals surface area contributed by atoms with Crippen LogP contribution in [-0.2, 0) is 22.6 Å². The monoisotopic (exact) mass is 357 g/mol. The van der Waals surface area contributed by atoms with Crippen molar-refractivity contribution in [3.8, 4) is 0 Å². The highest BCUT2D eigenvalue weighted by Gasteiger charge is 2.52. The van der Waals surface area contributed by atoms with Gasteiger partial charge in [0.05, 0.1) is 23.6 Å². The SMILES string of the molecule is Cc1cccc(COCC[C@@H]2CCOC23CN(Cc2cc(C)on2)C3)n1. The van der Waals surface area contributed by atoms with Crippen LogP contribution in [0.1, 0.15) is 35.7 Å². The van der Waals surface area contributed by atoms with Crippen molar-refractivity contribution in [3.05, 3.63) is 47.1 Å². The minimum atomic E-state index is 0.0176. The molecule has 140 valence electrons. The van der Waals surface area contributed by atoms with Crippen molar-refractivity contribution in [1.29, 1.82) is 0 Å². The second kappa shape index (κ2) is 7.47. The molecule has 2 saturated heterocycles. The maximum atomic E-state index is 6.14. The van der Waals surface area contributed by atoms with Gasteiger partial charge < -0.3 is 14.0 Å². The fourth-order valence-corrected chi connectivity index (χ4v) is 4.17. The van der Waals surface area contributed by atoms with Gasteiger partial charge >= 0.3 is 0 Å². The summed E-state index contributed by atoms with van der Waals surface area (Å²) in [6, 6.07) is 8.06. The number of aromatic nitrogens is 2. The molecule has 6 nitrogen and oxygen atoms in total. The van der Waals surface area contributed by atoms with Gasteiger partial charge in [0, 0.05) is 44.6 Å². The molecule has 2 aliphatic heterocycles. The van der Waals surface area contributed by atoms with Gasteiger partial charge in [-0.3, -0.25) is 9.88 Å². The lowest BCUT2D eigenvalue weighted by atomic mass is 9.79. The number of aryl methyl sites for hydroxylation is 2. The fourth-order valence-electron chi connectivity index (χ4n) is 4.17. The summed E-state index contributed by atoms with van der Waals surface area (Å²) in [5.41, 5.74) is 3.05. The van der Waals surface area contributed by atoms with E-state index in [1.165, 1.54) is 0 Å². The van der Waals surface area contributed by atoms with Crippen molar-refractivity contribution < 1.29 is 14.0 Å². The molecule has 4 heterocycles. The molecule has 1 spiro atoms. The molecule has 2 fully saturated rings. The lowest BCUT2D eigenvalue weighted by molar-refractivity contribution is -0.139. The number of nitrogens with zero attached hydrogens (tertiary/aromatic N) is 3. The van der Waals surface area contributed by atoms with E-state index in [1.54, 1.807) is 0 Å². The molecule has 0 bridgehead atoms. The van der Waals surface area contributed by atoms with Crippen LogP contribution in [0, 0.1) is 19.8 Å². The Morgan fingerprint density at radius 2 is 2.15 bits per heavy atom. The van der Waals surface area contributed by atoms with Gasteiger partial charge in [0.2, 0.25) is 0 Å². The van der Waals surface area contributed by atoms with Crippen LogP contribution in [0.2, 0.25) is 0 Å². The van der Waals surface area contributed by atoms with E-state index in [4.69, 9.17) is 14.0 Å².